The molecule has 1 fully saturated rings. The predicted octanol–water partition coefficient (Wildman–Crippen LogP) is 3.50. The zero-order valence-electron chi connectivity index (χ0n) is 10.3. The molecular formula is C13H18N2O2. The van der Waals surface area contributed by atoms with Crippen LogP contribution in [-0.4, -0.2) is 11.0 Å². The molecule has 1 aliphatic rings. The number of nitro groups is 1. The molecule has 92 valence electrons. The highest BCUT2D eigenvalue weighted by molar-refractivity contribution is 5.54. The van der Waals surface area contributed by atoms with Gasteiger partial charge in [-0.05, 0) is 44.7 Å². The predicted molar refractivity (Wildman–Crippen MR) is 68.3 cm³/mol. The van der Waals surface area contributed by atoms with Gasteiger partial charge in [-0.15, -0.1) is 0 Å². The van der Waals surface area contributed by atoms with Gasteiger partial charge in [0.1, 0.15) is 0 Å². The van der Waals surface area contributed by atoms with Gasteiger partial charge in [0.25, 0.3) is 5.69 Å². The Hall–Kier alpha value is -1.58. The zero-order valence-corrected chi connectivity index (χ0v) is 10.3. The standard InChI is InChI=1S/C13H18N2O2/c1-9-8-12(6-7-13(9)15(16)17)14-10(2)11-4-3-5-11/h6-8,10-11,14H,3-5H2,1-2H3. The molecule has 1 atom stereocenters. The first-order valence-electron chi connectivity index (χ1n) is 6.09. The minimum atomic E-state index is -0.339. The lowest BCUT2D eigenvalue weighted by Crippen LogP contribution is -2.30. The second-order valence-corrected chi connectivity index (χ2v) is 4.88. The van der Waals surface area contributed by atoms with Gasteiger partial charge in [0.2, 0.25) is 0 Å². The molecular weight excluding hydrogens is 216 g/mol. The summed E-state index contributed by atoms with van der Waals surface area (Å²) in [7, 11) is 0. The Morgan fingerprint density at radius 2 is 2.18 bits per heavy atom. The van der Waals surface area contributed by atoms with Crippen molar-refractivity contribution in [2.45, 2.75) is 39.2 Å². The summed E-state index contributed by atoms with van der Waals surface area (Å²) in [5, 5.41) is 14.1. The number of hydrogen-bond acceptors (Lipinski definition) is 3. The van der Waals surface area contributed by atoms with Crippen LogP contribution < -0.4 is 5.32 Å². The number of hydrogen-bond donors (Lipinski definition) is 1. The molecule has 0 amide bonds. The second kappa shape index (κ2) is 4.73. The third-order valence-corrected chi connectivity index (χ3v) is 3.64. The van der Waals surface area contributed by atoms with Crippen LogP contribution in [0.2, 0.25) is 0 Å². The van der Waals surface area contributed by atoms with E-state index in [-0.39, 0.29) is 10.6 Å². The number of nitrogens with one attached hydrogen (secondary N) is 1. The highest BCUT2D eigenvalue weighted by Gasteiger charge is 2.23. The van der Waals surface area contributed by atoms with Crippen LogP contribution in [0.15, 0.2) is 18.2 Å². The van der Waals surface area contributed by atoms with Crippen LogP contribution in [0.4, 0.5) is 11.4 Å². The highest BCUT2D eigenvalue weighted by atomic mass is 16.6. The fourth-order valence-electron chi connectivity index (χ4n) is 2.27. The van der Waals surface area contributed by atoms with E-state index >= 15 is 0 Å². The smallest absolute Gasteiger partial charge is 0.272 e. The Kier molecular flexibility index (Phi) is 3.31. The molecule has 2 rings (SSSR count). The summed E-state index contributed by atoms with van der Waals surface area (Å²) < 4.78 is 0. The molecule has 0 aliphatic heterocycles. The van der Waals surface area contributed by atoms with E-state index in [1.54, 1.807) is 19.1 Å². The maximum Gasteiger partial charge on any atom is 0.272 e. The van der Waals surface area contributed by atoms with Crippen LogP contribution in [-0.2, 0) is 0 Å². The van der Waals surface area contributed by atoms with Gasteiger partial charge in [0.15, 0.2) is 0 Å². The van der Waals surface area contributed by atoms with Crippen molar-refractivity contribution in [3.05, 3.63) is 33.9 Å². The number of benzene rings is 1. The highest BCUT2D eigenvalue weighted by Crippen LogP contribution is 2.31. The van der Waals surface area contributed by atoms with Crippen LogP contribution in [0.1, 0.15) is 31.7 Å². The van der Waals surface area contributed by atoms with Crippen molar-refractivity contribution < 1.29 is 4.92 Å². The van der Waals surface area contributed by atoms with Crippen molar-refractivity contribution in [3.63, 3.8) is 0 Å². The lowest BCUT2D eigenvalue weighted by molar-refractivity contribution is -0.385. The maximum atomic E-state index is 10.7. The summed E-state index contributed by atoms with van der Waals surface area (Å²) >= 11 is 0. The molecule has 1 saturated carbocycles. The molecule has 1 unspecified atom stereocenters. The molecule has 17 heavy (non-hydrogen) atoms. The minimum absolute atomic E-state index is 0.187. The SMILES string of the molecule is Cc1cc(NC(C)C2CCC2)ccc1[N+](=O)[O-]. The number of nitro benzene ring substituents is 1. The largest absolute Gasteiger partial charge is 0.382 e. The molecule has 1 aromatic rings. The Morgan fingerprint density at radius 1 is 1.47 bits per heavy atom. The summed E-state index contributed by atoms with van der Waals surface area (Å²) in [4.78, 5) is 10.4. The molecule has 1 aliphatic carbocycles. The van der Waals surface area contributed by atoms with E-state index in [2.05, 4.69) is 12.2 Å². The Balaban J connectivity index is 2.06. The monoisotopic (exact) mass is 234 g/mol. The van der Waals surface area contributed by atoms with Gasteiger partial charge >= 0.3 is 0 Å². The molecule has 0 aromatic heterocycles. The van der Waals surface area contributed by atoms with Crippen LogP contribution in [0.25, 0.3) is 0 Å². The van der Waals surface area contributed by atoms with Gasteiger partial charge in [-0.3, -0.25) is 10.1 Å². The average molecular weight is 234 g/mol. The first-order valence-corrected chi connectivity index (χ1v) is 6.09. The number of aryl methyl sites for hydroxylation is 1. The van der Waals surface area contributed by atoms with Gasteiger partial charge in [-0.25, -0.2) is 0 Å². The Labute approximate surface area is 101 Å². The summed E-state index contributed by atoms with van der Waals surface area (Å²) in [5.74, 6) is 0.755. The second-order valence-electron chi connectivity index (χ2n) is 4.88. The topological polar surface area (TPSA) is 55.2 Å². The fourth-order valence-corrected chi connectivity index (χ4v) is 2.27. The van der Waals surface area contributed by atoms with Crippen molar-refractivity contribution in [3.8, 4) is 0 Å². The number of anilines is 1. The third-order valence-electron chi connectivity index (χ3n) is 3.64. The summed E-state index contributed by atoms with van der Waals surface area (Å²) in [6.45, 7) is 3.96. The summed E-state index contributed by atoms with van der Waals surface area (Å²) in [6.07, 6.45) is 3.91. The van der Waals surface area contributed by atoms with Gasteiger partial charge in [-0.1, -0.05) is 6.42 Å². The normalized spacial score (nSPS) is 17.3. The van der Waals surface area contributed by atoms with Crippen LogP contribution in [0.5, 0.6) is 0 Å². The average Bonchev–Trinajstić information content (AvgIpc) is 2.13. The minimum Gasteiger partial charge on any atom is -0.382 e. The van der Waals surface area contributed by atoms with Gasteiger partial charge in [0.05, 0.1) is 4.92 Å². The quantitative estimate of drug-likeness (QED) is 0.640. The molecule has 4 nitrogen and oxygen atoms in total. The first-order chi connectivity index (χ1) is 8.08. The molecule has 4 heteroatoms. The van der Waals surface area contributed by atoms with Gasteiger partial charge < -0.3 is 5.32 Å². The third kappa shape index (κ3) is 2.57. The van der Waals surface area contributed by atoms with E-state index < -0.39 is 0 Å². The zero-order chi connectivity index (χ0) is 12.4. The first kappa shape index (κ1) is 11.9. The Morgan fingerprint density at radius 3 is 2.65 bits per heavy atom. The molecule has 1 aromatic carbocycles. The van der Waals surface area contributed by atoms with Gasteiger partial charge in [-0.2, -0.15) is 0 Å². The van der Waals surface area contributed by atoms with E-state index in [0.717, 1.165) is 11.6 Å². The van der Waals surface area contributed by atoms with Crippen molar-refractivity contribution in [1.82, 2.24) is 0 Å². The molecule has 0 saturated heterocycles. The maximum absolute atomic E-state index is 10.7. The van der Waals surface area contributed by atoms with E-state index in [9.17, 15) is 10.1 Å². The molecule has 1 N–H and O–H groups in total. The molecule has 0 heterocycles. The van der Waals surface area contributed by atoms with Crippen molar-refractivity contribution in [2.75, 3.05) is 5.32 Å². The lowest BCUT2D eigenvalue weighted by Gasteiger charge is -2.32. The Bertz CT molecular complexity index is 427. The number of nitrogens with zero attached hydrogens (tertiary/aromatic N) is 1. The van der Waals surface area contributed by atoms with Crippen molar-refractivity contribution in [1.29, 1.82) is 0 Å². The lowest BCUT2D eigenvalue weighted by atomic mass is 9.80. The van der Waals surface area contributed by atoms with Crippen molar-refractivity contribution in [2.24, 2.45) is 5.92 Å². The van der Waals surface area contributed by atoms with E-state index in [0.29, 0.717) is 11.6 Å². The van der Waals surface area contributed by atoms with E-state index in [1.807, 2.05) is 6.07 Å². The molecule has 0 spiro atoms. The molecule has 0 bridgehead atoms. The van der Waals surface area contributed by atoms with Crippen LogP contribution in [0.3, 0.4) is 0 Å². The van der Waals surface area contributed by atoms with Gasteiger partial charge in [0, 0.05) is 23.4 Å². The summed E-state index contributed by atoms with van der Waals surface area (Å²) in [6, 6.07) is 5.67. The van der Waals surface area contributed by atoms with Crippen LogP contribution in [0, 0.1) is 23.0 Å². The molecule has 0 radical (unpaired) electrons. The van der Waals surface area contributed by atoms with Crippen molar-refractivity contribution >= 4 is 11.4 Å². The van der Waals surface area contributed by atoms with E-state index in [4.69, 9.17) is 0 Å². The summed E-state index contributed by atoms with van der Waals surface area (Å²) in [5.41, 5.74) is 1.88. The van der Waals surface area contributed by atoms with E-state index in [1.165, 1.54) is 19.3 Å². The fraction of sp³-hybridized carbons (Fsp3) is 0.538. The number of rotatable bonds is 4. The van der Waals surface area contributed by atoms with Crippen LogP contribution >= 0.6 is 0 Å².